The zero-order valence-corrected chi connectivity index (χ0v) is 20.6. The lowest BCUT2D eigenvalue weighted by molar-refractivity contribution is -0.158. The molecule has 2 rings (SSSR count). The second kappa shape index (κ2) is 14.2. The van der Waals surface area contributed by atoms with Gasteiger partial charge in [-0.3, -0.25) is 4.79 Å². The van der Waals surface area contributed by atoms with Gasteiger partial charge in [-0.2, -0.15) is 0 Å². The number of esters is 1. The molecule has 0 saturated heterocycles. The van der Waals surface area contributed by atoms with Crippen LogP contribution in [0.1, 0.15) is 77.7 Å². The standard InChI is InChI=1S/C26H43N3O4/c1-26(2,3)33-24(30)23(22(27)18-20-12-6-4-7-13-20)28-16-10-11-17-29-25(31)32-19-21-14-8-5-9-15-21/h5,8-9,14-15,20,22-23,28H,4,6-7,10-13,16-19,27H2,1-3H3,(H,29,31)/t22-,23-/m0/s1. The van der Waals surface area contributed by atoms with Crippen molar-refractivity contribution in [3.8, 4) is 0 Å². The van der Waals surface area contributed by atoms with E-state index in [1.807, 2.05) is 51.1 Å². The maximum atomic E-state index is 12.8. The number of alkyl carbamates (subject to hydrolysis) is 1. The van der Waals surface area contributed by atoms with Crippen molar-refractivity contribution in [1.82, 2.24) is 10.6 Å². The summed E-state index contributed by atoms with van der Waals surface area (Å²) in [6.07, 6.45) is 8.18. The van der Waals surface area contributed by atoms with E-state index in [4.69, 9.17) is 15.2 Å². The van der Waals surface area contributed by atoms with Crippen LogP contribution in [0, 0.1) is 5.92 Å². The third kappa shape index (κ3) is 11.5. The van der Waals surface area contributed by atoms with E-state index in [1.165, 1.54) is 32.1 Å². The molecular formula is C26H43N3O4. The summed E-state index contributed by atoms with van der Waals surface area (Å²) in [5.74, 6) is 0.306. The molecule has 186 valence electrons. The van der Waals surface area contributed by atoms with Gasteiger partial charge in [0.2, 0.25) is 0 Å². The lowest BCUT2D eigenvalue weighted by atomic mass is 9.83. The van der Waals surface area contributed by atoms with Gasteiger partial charge in [-0.25, -0.2) is 4.79 Å². The van der Waals surface area contributed by atoms with Crippen LogP contribution in [0.2, 0.25) is 0 Å². The maximum Gasteiger partial charge on any atom is 0.407 e. The molecular weight excluding hydrogens is 418 g/mol. The number of carbonyl (C=O) groups excluding carboxylic acids is 2. The van der Waals surface area contributed by atoms with E-state index in [2.05, 4.69) is 10.6 Å². The highest BCUT2D eigenvalue weighted by Crippen LogP contribution is 2.27. The van der Waals surface area contributed by atoms with Gasteiger partial charge in [0.25, 0.3) is 0 Å². The summed E-state index contributed by atoms with van der Waals surface area (Å²) in [7, 11) is 0. The molecule has 0 radical (unpaired) electrons. The lowest BCUT2D eigenvalue weighted by Gasteiger charge is -2.31. The summed E-state index contributed by atoms with van der Waals surface area (Å²) in [4.78, 5) is 24.6. The predicted octanol–water partition coefficient (Wildman–Crippen LogP) is 4.29. The van der Waals surface area contributed by atoms with Crippen molar-refractivity contribution in [2.24, 2.45) is 11.7 Å². The van der Waals surface area contributed by atoms with Crippen LogP contribution in [0.5, 0.6) is 0 Å². The Labute approximate surface area is 199 Å². The summed E-state index contributed by atoms with van der Waals surface area (Å²) in [6, 6.07) is 8.79. The fourth-order valence-electron chi connectivity index (χ4n) is 4.19. The molecule has 0 bridgehead atoms. The van der Waals surface area contributed by atoms with Gasteiger partial charge in [0.1, 0.15) is 18.2 Å². The zero-order valence-electron chi connectivity index (χ0n) is 20.6. The number of hydrogen-bond acceptors (Lipinski definition) is 6. The van der Waals surface area contributed by atoms with Crippen LogP contribution in [0.4, 0.5) is 4.79 Å². The summed E-state index contributed by atoms with van der Waals surface area (Å²) in [5, 5.41) is 6.09. The quantitative estimate of drug-likeness (QED) is 0.317. The molecule has 33 heavy (non-hydrogen) atoms. The highest BCUT2D eigenvalue weighted by molar-refractivity contribution is 5.77. The van der Waals surface area contributed by atoms with E-state index >= 15 is 0 Å². The third-order valence-electron chi connectivity index (χ3n) is 5.87. The van der Waals surface area contributed by atoms with Crippen molar-refractivity contribution < 1.29 is 19.1 Å². The fourth-order valence-corrected chi connectivity index (χ4v) is 4.19. The molecule has 7 heteroatoms. The molecule has 1 amide bonds. The normalized spacial score (nSPS) is 16.6. The van der Waals surface area contributed by atoms with Crippen LogP contribution in [0.3, 0.4) is 0 Å². The molecule has 1 aliphatic carbocycles. The number of hydrogen-bond donors (Lipinski definition) is 3. The average molecular weight is 462 g/mol. The molecule has 0 heterocycles. The first kappa shape index (κ1) is 27.1. The summed E-state index contributed by atoms with van der Waals surface area (Å²) in [6.45, 7) is 7.01. The van der Waals surface area contributed by atoms with Crippen molar-refractivity contribution in [2.75, 3.05) is 13.1 Å². The first-order valence-corrected chi connectivity index (χ1v) is 12.4. The van der Waals surface area contributed by atoms with Crippen molar-refractivity contribution in [3.05, 3.63) is 35.9 Å². The van der Waals surface area contributed by atoms with Gasteiger partial charge < -0.3 is 25.8 Å². The minimum absolute atomic E-state index is 0.255. The minimum atomic E-state index is -0.550. The number of benzene rings is 1. The number of rotatable bonds is 12. The predicted molar refractivity (Wildman–Crippen MR) is 131 cm³/mol. The largest absolute Gasteiger partial charge is 0.459 e. The zero-order chi connectivity index (χ0) is 24.1. The van der Waals surface area contributed by atoms with Gasteiger partial charge in [0, 0.05) is 12.6 Å². The molecule has 0 spiro atoms. The first-order valence-electron chi connectivity index (χ1n) is 12.4. The molecule has 2 atom stereocenters. The smallest absolute Gasteiger partial charge is 0.407 e. The van der Waals surface area contributed by atoms with Gasteiger partial charge in [-0.15, -0.1) is 0 Å². The first-order chi connectivity index (χ1) is 15.7. The molecule has 4 N–H and O–H groups in total. The van der Waals surface area contributed by atoms with Gasteiger partial charge in [-0.1, -0.05) is 62.4 Å². The van der Waals surface area contributed by atoms with E-state index in [1.54, 1.807) is 0 Å². The van der Waals surface area contributed by atoms with E-state index < -0.39 is 17.7 Å². The van der Waals surface area contributed by atoms with E-state index in [0.29, 0.717) is 19.0 Å². The molecule has 7 nitrogen and oxygen atoms in total. The fraction of sp³-hybridized carbons (Fsp3) is 0.692. The Morgan fingerprint density at radius 2 is 1.73 bits per heavy atom. The Balaban J connectivity index is 1.69. The van der Waals surface area contributed by atoms with Crippen molar-refractivity contribution in [3.63, 3.8) is 0 Å². The van der Waals surface area contributed by atoms with Gasteiger partial charge >= 0.3 is 12.1 Å². The molecule has 1 aromatic carbocycles. The van der Waals surface area contributed by atoms with Gasteiger partial charge in [-0.05, 0) is 58.1 Å². The Morgan fingerprint density at radius 1 is 1.06 bits per heavy atom. The summed E-state index contributed by atoms with van der Waals surface area (Å²) >= 11 is 0. The third-order valence-corrected chi connectivity index (χ3v) is 5.87. The van der Waals surface area contributed by atoms with E-state index in [0.717, 1.165) is 24.8 Å². The molecule has 0 aromatic heterocycles. The maximum absolute atomic E-state index is 12.8. The number of carbonyl (C=O) groups is 2. The summed E-state index contributed by atoms with van der Waals surface area (Å²) < 4.78 is 10.8. The summed E-state index contributed by atoms with van der Waals surface area (Å²) in [5.41, 5.74) is 6.90. The molecule has 0 aliphatic heterocycles. The number of nitrogens with two attached hydrogens (primary N) is 1. The monoisotopic (exact) mass is 461 g/mol. The van der Waals surface area contributed by atoms with E-state index in [-0.39, 0.29) is 18.6 Å². The minimum Gasteiger partial charge on any atom is -0.459 e. The number of nitrogens with one attached hydrogen (secondary N) is 2. The Kier molecular flexibility index (Phi) is 11.7. The molecule has 0 unspecified atom stereocenters. The second-order valence-electron chi connectivity index (χ2n) is 10.1. The van der Waals surface area contributed by atoms with Crippen LogP contribution in [0.15, 0.2) is 30.3 Å². The van der Waals surface area contributed by atoms with Crippen molar-refractivity contribution in [1.29, 1.82) is 0 Å². The van der Waals surface area contributed by atoms with Crippen LogP contribution in [0.25, 0.3) is 0 Å². The Hall–Kier alpha value is -2.12. The average Bonchev–Trinajstić information content (AvgIpc) is 2.77. The molecule has 1 saturated carbocycles. The number of amides is 1. The number of ether oxygens (including phenoxy) is 2. The SMILES string of the molecule is CC(C)(C)OC(=O)[C@@H](NCCCCNC(=O)OCc1ccccc1)[C@@H](N)CC1CCCCC1. The molecule has 1 aromatic rings. The lowest BCUT2D eigenvalue weighted by Crippen LogP contribution is -2.53. The van der Waals surface area contributed by atoms with Crippen LogP contribution in [-0.2, 0) is 20.9 Å². The highest BCUT2D eigenvalue weighted by Gasteiger charge is 2.31. The van der Waals surface area contributed by atoms with E-state index in [9.17, 15) is 9.59 Å². The van der Waals surface area contributed by atoms with Crippen LogP contribution in [-0.4, -0.2) is 42.8 Å². The topological polar surface area (TPSA) is 103 Å². The Morgan fingerprint density at radius 3 is 2.39 bits per heavy atom. The van der Waals surface area contributed by atoms with Crippen molar-refractivity contribution >= 4 is 12.1 Å². The Bertz CT molecular complexity index is 699. The second-order valence-corrected chi connectivity index (χ2v) is 10.1. The highest BCUT2D eigenvalue weighted by atomic mass is 16.6. The number of unbranched alkanes of at least 4 members (excludes halogenated alkanes) is 1. The van der Waals surface area contributed by atoms with Gasteiger partial charge in [0.15, 0.2) is 0 Å². The molecule has 1 fully saturated rings. The van der Waals surface area contributed by atoms with Crippen molar-refractivity contribution in [2.45, 2.75) is 96.4 Å². The molecule has 1 aliphatic rings. The van der Waals surface area contributed by atoms with Gasteiger partial charge in [0.05, 0.1) is 0 Å². The van der Waals surface area contributed by atoms with Crippen LogP contribution >= 0.6 is 0 Å². The van der Waals surface area contributed by atoms with Crippen LogP contribution < -0.4 is 16.4 Å².